The van der Waals surface area contributed by atoms with Crippen molar-refractivity contribution in [3.05, 3.63) is 206 Å². The molecule has 1 heterocycles. The molecule has 0 N–H and O–H groups in total. The topological polar surface area (TPSA) is 13.1 Å². The zero-order chi connectivity index (χ0) is 40.9. The van der Waals surface area contributed by atoms with Gasteiger partial charge in [0.25, 0.3) is 0 Å². The third-order valence-electron chi connectivity index (χ3n) is 14.3. The van der Waals surface area contributed by atoms with Crippen LogP contribution in [0.25, 0.3) is 152 Å². The molecule has 288 valence electrons. The second-order valence-electron chi connectivity index (χ2n) is 17.4. The van der Waals surface area contributed by atoms with Crippen LogP contribution in [-0.2, 0) is 0 Å². The summed E-state index contributed by atoms with van der Waals surface area (Å²) < 4.78 is 6.18. The Kier molecular flexibility index (Phi) is 6.47. The van der Waals surface area contributed by atoms with E-state index in [9.17, 15) is 0 Å². The van der Waals surface area contributed by atoms with Crippen molar-refractivity contribution in [2.75, 3.05) is 0 Å². The first-order valence-corrected chi connectivity index (χ1v) is 21.9. The molecule has 0 bridgehead atoms. The van der Waals surface area contributed by atoms with E-state index < -0.39 is 0 Å². The smallest absolute Gasteiger partial charge is 0.135 e. The van der Waals surface area contributed by atoms with E-state index in [-0.39, 0.29) is 0 Å². The molecule has 0 radical (unpaired) electrons. The Labute approximate surface area is 361 Å². The minimum atomic E-state index is 0.919. The fraction of sp³-hybridized carbons (Fsp3) is 0. The number of rotatable bonds is 3. The van der Waals surface area contributed by atoms with Crippen molar-refractivity contribution in [3.8, 4) is 33.4 Å². The molecule has 1 heteroatoms. The Bertz CT molecular complexity index is 4400. The Morgan fingerprint density at radius 2 is 0.762 bits per heavy atom. The molecule has 0 saturated carbocycles. The van der Waals surface area contributed by atoms with Gasteiger partial charge in [-0.2, -0.15) is 0 Å². The molecule has 14 aromatic carbocycles. The maximum absolute atomic E-state index is 6.18. The van der Waals surface area contributed by atoms with E-state index >= 15 is 0 Å². The number of hydrogen-bond donors (Lipinski definition) is 0. The number of benzene rings is 12. The molecule has 0 saturated heterocycles. The number of para-hydroxylation sites is 1. The molecule has 0 atom stereocenters. The van der Waals surface area contributed by atoms with Crippen LogP contribution in [0.5, 0.6) is 0 Å². The summed E-state index contributed by atoms with van der Waals surface area (Å²) >= 11 is 0. The van der Waals surface area contributed by atoms with Gasteiger partial charge in [-0.05, 0) is 167 Å². The molecule has 15 aromatic rings. The van der Waals surface area contributed by atoms with E-state index in [1.54, 1.807) is 0 Å². The molecule has 0 fully saturated rings. The maximum atomic E-state index is 6.18. The Balaban J connectivity index is 1.10. The monoisotopic (exact) mass is 794 g/mol. The van der Waals surface area contributed by atoms with Crippen LogP contribution >= 0.6 is 0 Å². The van der Waals surface area contributed by atoms with Crippen molar-refractivity contribution < 1.29 is 4.42 Å². The lowest BCUT2D eigenvalue weighted by atomic mass is 9.84. The molecule has 63 heavy (non-hydrogen) atoms. The van der Waals surface area contributed by atoms with Crippen molar-refractivity contribution in [2.45, 2.75) is 0 Å². The lowest BCUT2D eigenvalue weighted by Crippen LogP contribution is -1.91. The molecule has 0 amide bonds. The number of furan rings is 1. The van der Waals surface area contributed by atoms with E-state index in [0.717, 1.165) is 21.9 Å². The van der Waals surface area contributed by atoms with Gasteiger partial charge >= 0.3 is 0 Å². The highest BCUT2D eigenvalue weighted by molar-refractivity contribution is 6.46. The average molecular weight is 795 g/mol. The van der Waals surface area contributed by atoms with Gasteiger partial charge in [0.05, 0.1) is 0 Å². The zero-order valence-corrected chi connectivity index (χ0v) is 34.0. The van der Waals surface area contributed by atoms with Crippen LogP contribution in [0.2, 0.25) is 0 Å². The van der Waals surface area contributed by atoms with Gasteiger partial charge in [0.2, 0.25) is 0 Å². The van der Waals surface area contributed by atoms with E-state index in [1.165, 1.54) is 130 Å². The summed E-state index contributed by atoms with van der Waals surface area (Å²) in [6, 6.07) is 76.9. The second kappa shape index (κ2) is 12.2. The third-order valence-corrected chi connectivity index (χ3v) is 14.3. The van der Waals surface area contributed by atoms with Crippen LogP contribution in [0.4, 0.5) is 0 Å². The highest BCUT2D eigenvalue weighted by atomic mass is 16.3. The van der Waals surface area contributed by atoms with Crippen LogP contribution in [0.1, 0.15) is 0 Å². The summed E-state index contributed by atoms with van der Waals surface area (Å²) in [6.07, 6.45) is 0. The molecule has 1 aromatic heterocycles. The van der Waals surface area contributed by atoms with Gasteiger partial charge in [0, 0.05) is 10.8 Å². The van der Waals surface area contributed by atoms with Crippen molar-refractivity contribution >= 4 is 119 Å². The van der Waals surface area contributed by atoms with Gasteiger partial charge in [-0.15, -0.1) is 0 Å². The van der Waals surface area contributed by atoms with Gasteiger partial charge in [-0.25, -0.2) is 0 Å². The van der Waals surface area contributed by atoms with Gasteiger partial charge in [-0.1, -0.05) is 170 Å². The molecule has 1 nitrogen and oxygen atoms in total. The van der Waals surface area contributed by atoms with Crippen molar-refractivity contribution in [1.29, 1.82) is 0 Å². The second-order valence-corrected chi connectivity index (χ2v) is 17.4. The molecule has 15 rings (SSSR count). The molecule has 0 unspecified atom stereocenters. The summed E-state index contributed by atoms with van der Waals surface area (Å²) in [4.78, 5) is 0. The quantitative estimate of drug-likeness (QED) is 0.162. The SMILES string of the molecule is c1ccc(-c2c3cc4c5ccccc5c5cccc(c3c(-c3ccccc3)c3c6cc7ccc8cc(-c9ccc%10oc%11ccccc%11c%10c9)ccc8c7c7cccc(c23)c67)c54)cc1. The normalized spacial score (nSPS) is 12.4. The van der Waals surface area contributed by atoms with Crippen LogP contribution < -0.4 is 0 Å². The summed E-state index contributed by atoms with van der Waals surface area (Å²) in [5, 5.41) is 25.8. The number of hydrogen-bond acceptors (Lipinski definition) is 1. The molecule has 0 aliphatic rings. The van der Waals surface area contributed by atoms with E-state index in [2.05, 4.69) is 194 Å². The van der Waals surface area contributed by atoms with Gasteiger partial charge in [-0.3, -0.25) is 0 Å². The maximum Gasteiger partial charge on any atom is 0.135 e. The molecular weight excluding hydrogens is 761 g/mol. The summed E-state index contributed by atoms with van der Waals surface area (Å²) in [6.45, 7) is 0. The molecular formula is C62H34O. The Hall–Kier alpha value is -8.26. The minimum absolute atomic E-state index is 0.919. The largest absolute Gasteiger partial charge is 0.456 e. The molecule has 0 aliphatic carbocycles. The zero-order valence-electron chi connectivity index (χ0n) is 34.0. The fourth-order valence-corrected chi connectivity index (χ4v) is 11.7. The van der Waals surface area contributed by atoms with Crippen molar-refractivity contribution in [2.24, 2.45) is 0 Å². The van der Waals surface area contributed by atoms with E-state index in [4.69, 9.17) is 4.42 Å². The predicted octanol–water partition coefficient (Wildman–Crippen LogP) is 17.8. The van der Waals surface area contributed by atoms with E-state index in [0.29, 0.717) is 0 Å². The van der Waals surface area contributed by atoms with Gasteiger partial charge in [0.15, 0.2) is 0 Å². The molecule has 0 aliphatic heterocycles. The highest BCUT2D eigenvalue weighted by Crippen LogP contribution is 2.55. The molecule has 0 spiro atoms. The highest BCUT2D eigenvalue weighted by Gasteiger charge is 2.27. The van der Waals surface area contributed by atoms with Crippen molar-refractivity contribution in [3.63, 3.8) is 0 Å². The van der Waals surface area contributed by atoms with Gasteiger partial charge in [0.1, 0.15) is 11.2 Å². The minimum Gasteiger partial charge on any atom is -0.456 e. The van der Waals surface area contributed by atoms with Crippen LogP contribution in [-0.4, -0.2) is 0 Å². The third kappa shape index (κ3) is 4.40. The van der Waals surface area contributed by atoms with Crippen molar-refractivity contribution in [1.82, 2.24) is 0 Å². The first-order chi connectivity index (χ1) is 31.3. The van der Waals surface area contributed by atoms with Crippen LogP contribution in [0.3, 0.4) is 0 Å². The number of fused-ring (bicyclic) bond motifs is 15. The van der Waals surface area contributed by atoms with Crippen LogP contribution in [0.15, 0.2) is 211 Å². The summed E-state index contributed by atoms with van der Waals surface area (Å²) in [7, 11) is 0. The standard InChI is InChI=1S/C62H34O/c1-3-13-35(14-4-1)56-52-34-50-43-18-8-7-17-42(43)45-20-11-22-47(58(45)50)60(52)57(36-15-5-2-6-16-36)62-51-33-40-26-25-39-31-37(38-28-30-54-49(32-38)44-19-9-10-24-53(44)63-54)27-29-41(39)55(40)46-21-12-23-48(59(46)51)61(56)62/h1-34H. The lowest BCUT2D eigenvalue weighted by Gasteiger charge is -2.19. The van der Waals surface area contributed by atoms with Crippen LogP contribution in [0, 0.1) is 0 Å². The van der Waals surface area contributed by atoms with Gasteiger partial charge < -0.3 is 4.42 Å². The average Bonchev–Trinajstić information content (AvgIpc) is 4.00. The van der Waals surface area contributed by atoms with E-state index in [1.807, 2.05) is 12.1 Å². The summed E-state index contributed by atoms with van der Waals surface area (Å²) in [5.41, 5.74) is 9.32. The Morgan fingerprint density at radius 3 is 1.56 bits per heavy atom. The summed E-state index contributed by atoms with van der Waals surface area (Å²) in [5.74, 6) is 0. The first-order valence-electron chi connectivity index (χ1n) is 21.9. The lowest BCUT2D eigenvalue weighted by molar-refractivity contribution is 0.669. The predicted molar refractivity (Wildman–Crippen MR) is 270 cm³/mol. The Morgan fingerprint density at radius 1 is 0.206 bits per heavy atom. The first kappa shape index (κ1) is 33.5. The fourth-order valence-electron chi connectivity index (χ4n) is 11.7.